The number of hydrogen-bond donors (Lipinski definition) is 5. The summed E-state index contributed by atoms with van der Waals surface area (Å²) in [7, 11) is 0. The van der Waals surface area contributed by atoms with Gasteiger partial charge in [-0.2, -0.15) is 0 Å². The first-order valence-electron chi connectivity index (χ1n) is 17.0. The number of amides is 1. The van der Waals surface area contributed by atoms with Crippen LogP contribution in [0.25, 0.3) is 0 Å². The lowest BCUT2D eigenvalue weighted by Crippen LogP contribution is -2.58. The molecule has 6 rings (SSSR count). The van der Waals surface area contributed by atoms with Crippen molar-refractivity contribution in [2.24, 2.45) is 45.0 Å². The minimum absolute atomic E-state index is 0.0634. The zero-order valence-electron chi connectivity index (χ0n) is 27.2. The highest BCUT2D eigenvalue weighted by Gasteiger charge is 2.83. The van der Waals surface area contributed by atoms with E-state index in [0.717, 1.165) is 50.5 Å². The van der Waals surface area contributed by atoms with E-state index in [-0.39, 0.29) is 66.3 Å². The van der Waals surface area contributed by atoms with Crippen molar-refractivity contribution in [1.29, 1.82) is 0 Å². The SMILES string of the molecule is CC12CCC(OC(=O)CCC(=O)NC(CCCN=C(N)N)C(=O)O)CC1CCC1C2CCC2(C)C(c3ccc(=O)oc3)C(O)C3OC132. The molecule has 1 spiro atoms. The van der Waals surface area contributed by atoms with Crippen LogP contribution < -0.4 is 22.4 Å². The molecule has 47 heavy (non-hydrogen) atoms. The molecule has 1 amide bonds. The number of epoxide rings is 1. The number of nitrogens with one attached hydrogen (secondary N) is 1. The minimum Gasteiger partial charge on any atom is -0.480 e. The third-order valence-electron chi connectivity index (χ3n) is 12.6. The van der Waals surface area contributed by atoms with Crippen LogP contribution in [0, 0.1) is 28.6 Å². The predicted molar refractivity (Wildman–Crippen MR) is 169 cm³/mol. The largest absolute Gasteiger partial charge is 0.480 e. The molecule has 1 aromatic heterocycles. The van der Waals surface area contributed by atoms with Gasteiger partial charge in [0.25, 0.3) is 0 Å². The molecule has 1 saturated heterocycles. The number of aliphatic imine (C=N–C) groups is 1. The maximum atomic E-state index is 12.8. The number of ether oxygens (including phenoxy) is 2. The van der Waals surface area contributed by atoms with E-state index < -0.39 is 35.6 Å². The van der Waals surface area contributed by atoms with E-state index in [9.17, 15) is 29.4 Å². The fraction of sp³-hybridized carbons (Fsp3) is 0.735. The van der Waals surface area contributed by atoms with Gasteiger partial charge in [-0.1, -0.05) is 13.8 Å². The van der Waals surface area contributed by atoms with E-state index >= 15 is 0 Å². The third-order valence-corrected chi connectivity index (χ3v) is 12.6. The van der Waals surface area contributed by atoms with Gasteiger partial charge in [-0.3, -0.25) is 14.6 Å². The van der Waals surface area contributed by atoms with Crippen molar-refractivity contribution in [2.75, 3.05) is 6.54 Å². The smallest absolute Gasteiger partial charge is 0.335 e. The fourth-order valence-electron chi connectivity index (χ4n) is 10.4. The van der Waals surface area contributed by atoms with Gasteiger partial charge >= 0.3 is 17.6 Å². The summed E-state index contributed by atoms with van der Waals surface area (Å²) in [6.07, 6.45) is 7.03. The number of rotatable bonds is 11. The maximum absolute atomic E-state index is 12.8. The number of aliphatic hydroxyl groups is 1. The van der Waals surface area contributed by atoms with Crippen LogP contribution in [0.2, 0.25) is 0 Å². The Labute approximate surface area is 273 Å². The van der Waals surface area contributed by atoms with Gasteiger partial charge in [-0.25, -0.2) is 9.59 Å². The summed E-state index contributed by atoms with van der Waals surface area (Å²) >= 11 is 0. The topological polar surface area (TPSA) is 220 Å². The Bertz CT molecular complexity index is 1460. The van der Waals surface area contributed by atoms with Crippen LogP contribution in [-0.4, -0.2) is 70.5 Å². The molecule has 11 unspecified atom stereocenters. The van der Waals surface area contributed by atoms with Gasteiger partial charge in [0.05, 0.1) is 18.8 Å². The van der Waals surface area contributed by atoms with Crippen molar-refractivity contribution in [2.45, 2.75) is 120 Å². The highest BCUT2D eigenvalue weighted by atomic mass is 16.6. The van der Waals surface area contributed by atoms with E-state index in [2.05, 4.69) is 24.2 Å². The van der Waals surface area contributed by atoms with Gasteiger partial charge in [0, 0.05) is 30.4 Å². The van der Waals surface area contributed by atoms with Gasteiger partial charge in [-0.05, 0) is 92.6 Å². The Morgan fingerprint density at radius 3 is 2.60 bits per heavy atom. The van der Waals surface area contributed by atoms with Gasteiger partial charge in [0.1, 0.15) is 23.9 Å². The summed E-state index contributed by atoms with van der Waals surface area (Å²) in [5.41, 5.74) is 10.4. The highest BCUT2D eigenvalue weighted by Crippen LogP contribution is 2.77. The van der Waals surface area contributed by atoms with Crippen LogP contribution >= 0.6 is 0 Å². The van der Waals surface area contributed by atoms with Crippen LogP contribution in [0.5, 0.6) is 0 Å². The molecular weight excluding hydrogens is 608 g/mol. The summed E-state index contributed by atoms with van der Waals surface area (Å²) in [5, 5.41) is 23.4. The summed E-state index contributed by atoms with van der Waals surface area (Å²) in [6.45, 7) is 4.89. The zero-order valence-corrected chi connectivity index (χ0v) is 27.2. The molecule has 5 fully saturated rings. The average Bonchev–Trinajstić information content (AvgIpc) is 3.73. The summed E-state index contributed by atoms with van der Waals surface area (Å²) in [4.78, 5) is 52.2. The fourth-order valence-corrected chi connectivity index (χ4v) is 10.4. The van der Waals surface area contributed by atoms with Crippen molar-refractivity contribution < 1.29 is 38.5 Å². The molecule has 2 heterocycles. The molecule has 1 aliphatic heterocycles. The first-order chi connectivity index (χ1) is 22.3. The van der Waals surface area contributed by atoms with Gasteiger partial charge in [0.15, 0.2) is 5.96 Å². The molecule has 7 N–H and O–H groups in total. The molecule has 13 nitrogen and oxygen atoms in total. The van der Waals surface area contributed by atoms with Crippen molar-refractivity contribution in [3.05, 3.63) is 34.4 Å². The number of guanidine groups is 1. The summed E-state index contributed by atoms with van der Waals surface area (Å²) in [5.74, 6) is -1.23. The second-order valence-electron chi connectivity index (χ2n) is 14.9. The highest BCUT2D eigenvalue weighted by molar-refractivity contribution is 5.85. The van der Waals surface area contributed by atoms with Gasteiger partial charge in [-0.15, -0.1) is 0 Å². The lowest BCUT2D eigenvalue weighted by molar-refractivity contribution is -0.166. The number of nitrogens with two attached hydrogens (primary N) is 2. The Hall–Kier alpha value is -3.45. The van der Waals surface area contributed by atoms with Crippen LogP contribution in [0.1, 0.15) is 96.0 Å². The predicted octanol–water partition coefficient (Wildman–Crippen LogP) is 2.18. The Balaban J connectivity index is 1.02. The Morgan fingerprint density at radius 1 is 1.11 bits per heavy atom. The molecule has 258 valence electrons. The first-order valence-corrected chi connectivity index (χ1v) is 17.0. The zero-order chi connectivity index (χ0) is 33.7. The molecule has 11 atom stereocenters. The molecule has 4 aliphatic carbocycles. The van der Waals surface area contributed by atoms with Crippen LogP contribution in [0.3, 0.4) is 0 Å². The number of aliphatic hydroxyl groups excluding tert-OH is 1. The van der Waals surface area contributed by atoms with Crippen molar-refractivity contribution in [3.63, 3.8) is 0 Å². The van der Waals surface area contributed by atoms with Gasteiger partial charge < -0.3 is 40.9 Å². The van der Waals surface area contributed by atoms with Crippen molar-refractivity contribution >= 4 is 23.8 Å². The number of carbonyl (C=O) groups excluding carboxylic acids is 2. The quantitative estimate of drug-likeness (QED) is 0.0764. The van der Waals surface area contributed by atoms with Crippen LogP contribution in [0.15, 0.2) is 32.6 Å². The maximum Gasteiger partial charge on any atom is 0.335 e. The average molecular weight is 657 g/mol. The Morgan fingerprint density at radius 2 is 1.89 bits per heavy atom. The molecule has 4 saturated carbocycles. The molecule has 5 aliphatic rings. The number of fused-ring (bicyclic) bond motifs is 3. The number of carboxylic acids is 1. The van der Waals surface area contributed by atoms with Crippen LogP contribution in [-0.2, 0) is 23.9 Å². The van der Waals surface area contributed by atoms with E-state index in [4.69, 9.17) is 25.4 Å². The number of nitrogens with zero attached hydrogens (tertiary/aromatic N) is 1. The molecule has 0 radical (unpaired) electrons. The number of carboxylic acid groups (broad SMARTS) is 1. The standard InChI is InChI=1S/C34H48N4O9/c1-32-13-11-20(46-26(41)10-8-24(39)38-23(30(43)44)4-3-15-37-31(35)36)16-19(32)6-7-22-21(32)12-14-33(2)27(18-5-9-25(40)45-17-18)28(42)29-34(22,33)47-29/h5,9,17,19-23,27-29,42H,3-4,6-8,10-16H2,1-2H3,(H,38,39)(H,43,44)(H4,35,36,37). The lowest BCUT2D eigenvalue weighted by Gasteiger charge is -2.61. The van der Waals surface area contributed by atoms with Crippen LogP contribution in [0.4, 0.5) is 0 Å². The van der Waals surface area contributed by atoms with Crippen molar-refractivity contribution in [3.8, 4) is 0 Å². The molecular formula is C34H48N4O9. The number of esters is 1. The number of hydrogen-bond acceptors (Lipinski definition) is 9. The van der Waals surface area contributed by atoms with E-state index in [1.165, 1.54) is 12.3 Å². The molecule has 0 bridgehead atoms. The first kappa shape index (κ1) is 33.5. The Kier molecular flexibility index (Phi) is 8.92. The summed E-state index contributed by atoms with van der Waals surface area (Å²) < 4.78 is 17.6. The minimum atomic E-state index is -1.16. The second kappa shape index (κ2) is 12.5. The summed E-state index contributed by atoms with van der Waals surface area (Å²) in [6, 6.07) is 2.12. The van der Waals surface area contributed by atoms with Gasteiger partial charge in [0.2, 0.25) is 5.91 Å². The van der Waals surface area contributed by atoms with E-state index in [0.29, 0.717) is 24.2 Å². The van der Waals surface area contributed by atoms with Crippen molar-refractivity contribution in [1.82, 2.24) is 5.32 Å². The van der Waals surface area contributed by atoms with E-state index in [1.807, 2.05) is 0 Å². The number of aliphatic carboxylic acids is 1. The molecule has 13 heteroatoms. The normalized spacial score (nSPS) is 38.8. The third kappa shape index (κ3) is 5.83. The lowest BCUT2D eigenvalue weighted by atomic mass is 9.44. The van der Waals surface area contributed by atoms with E-state index in [1.54, 1.807) is 6.07 Å². The second-order valence-corrected chi connectivity index (χ2v) is 14.9. The molecule has 0 aromatic carbocycles. The molecule has 1 aromatic rings. The number of carbonyl (C=O) groups is 3. The monoisotopic (exact) mass is 656 g/mol.